The van der Waals surface area contributed by atoms with Crippen LogP contribution in [0.15, 0.2) is 28.8 Å². The quantitative estimate of drug-likeness (QED) is 0.779. The van der Waals surface area contributed by atoms with Crippen molar-refractivity contribution in [2.24, 2.45) is 11.7 Å². The number of nitrogens with zero attached hydrogens (tertiary/aromatic N) is 2. The highest BCUT2D eigenvalue weighted by Crippen LogP contribution is 2.33. The molecule has 0 aliphatic carbocycles. The van der Waals surface area contributed by atoms with Crippen LogP contribution < -0.4 is 15.2 Å². The maximum Gasteiger partial charge on any atom is 0.223 e. The Labute approximate surface area is 163 Å². The summed E-state index contributed by atoms with van der Waals surface area (Å²) in [5.74, 6) is 2.00. The fourth-order valence-corrected chi connectivity index (χ4v) is 3.34. The molecule has 2 amide bonds. The van der Waals surface area contributed by atoms with E-state index in [1.807, 2.05) is 12.1 Å². The molecule has 1 saturated heterocycles. The molecular weight excluding hydrogens is 362 g/mol. The Bertz CT molecular complexity index is 840. The van der Waals surface area contributed by atoms with Crippen molar-refractivity contribution in [2.45, 2.75) is 25.7 Å². The van der Waals surface area contributed by atoms with Crippen LogP contribution in [0.5, 0.6) is 11.5 Å². The lowest BCUT2D eigenvalue weighted by Gasteiger charge is -2.30. The topological polar surface area (TPSA) is 108 Å². The first-order valence-corrected chi connectivity index (χ1v) is 9.26. The number of carbonyl (C=O) groups is 2. The van der Waals surface area contributed by atoms with Gasteiger partial charge in [0.15, 0.2) is 11.7 Å². The molecule has 0 radical (unpaired) electrons. The van der Waals surface area contributed by atoms with Crippen LogP contribution in [0.25, 0.3) is 11.3 Å². The lowest BCUT2D eigenvalue weighted by Crippen LogP contribution is -2.41. The molecule has 8 heteroatoms. The first-order chi connectivity index (χ1) is 13.5. The third-order valence-electron chi connectivity index (χ3n) is 5.03. The van der Waals surface area contributed by atoms with Gasteiger partial charge in [0.05, 0.1) is 26.0 Å². The van der Waals surface area contributed by atoms with Gasteiger partial charge in [0.1, 0.15) is 11.5 Å². The van der Waals surface area contributed by atoms with Crippen LogP contribution in [0, 0.1) is 5.92 Å². The summed E-state index contributed by atoms with van der Waals surface area (Å²) in [5, 5.41) is 0. The zero-order valence-electron chi connectivity index (χ0n) is 16.1. The number of primary amides is 1. The number of aryl methyl sites for hydroxylation is 1. The maximum absolute atomic E-state index is 12.4. The molecule has 3 rings (SSSR count). The van der Waals surface area contributed by atoms with Gasteiger partial charge in [-0.1, -0.05) is 0 Å². The SMILES string of the molecule is COc1ccc(-c2cnc(CCC(=O)N3CCC(C(N)=O)CC3)o2)c(OC)c1. The molecule has 1 aromatic carbocycles. The Morgan fingerprint density at radius 1 is 1.25 bits per heavy atom. The van der Waals surface area contributed by atoms with E-state index in [-0.39, 0.29) is 17.7 Å². The summed E-state index contributed by atoms with van der Waals surface area (Å²) in [4.78, 5) is 29.7. The van der Waals surface area contributed by atoms with Gasteiger partial charge in [0, 0.05) is 37.9 Å². The average Bonchev–Trinajstić information content (AvgIpc) is 3.20. The minimum absolute atomic E-state index is 0.0321. The summed E-state index contributed by atoms with van der Waals surface area (Å²) in [6.07, 6.45) is 3.60. The number of rotatable bonds is 7. The van der Waals surface area contributed by atoms with E-state index in [2.05, 4.69) is 4.98 Å². The van der Waals surface area contributed by atoms with Gasteiger partial charge in [-0.05, 0) is 25.0 Å². The van der Waals surface area contributed by atoms with Crippen molar-refractivity contribution in [1.82, 2.24) is 9.88 Å². The van der Waals surface area contributed by atoms with E-state index in [4.69, 9.17) is 19.6 Å². The van der Waals surface area contributed by atoms with E-state index >= 15 is 0 Å². The van der Waals surface area contributed by atoms with Crippen LogP contribution in [0.3, 0.4) is 0 Å². The smallest absolute Gasteiger partial charge is 0.223 e. The first-order valence-electron chi connectivity index (χ1n) is 9.26. The maximum atomic E-state index is 12.4. The molecule has 2 aromatic rings. The molecule has 1 aliphatic heterocycles. The average molecular weight is 387 g/mol. The van der Waals surface area contributed by atoms with E-state index in [1.165, 1.54) is 0 Å². The van der Waals surface area contributed by atoms with Crippen LogP contribution >= 0.6 is 0 Å². The first kappa shape index (κ1) is 19.7. The number of benzene rings is 1. The largest absolute Gasteiger partial charge is 0.497 e. The van der Waals surface area contributed by atoms with Crippen LogP contribution in [0.4, 0.5) is 0 Å². The third kappa shape index (κ3) is 4.44. The number of piperidine rings is 1. The Morgan fingerprint density at radius 2 is 2.00 bits per heavy atom. The van der Waals surface area contributed by atoms with Gasteiger partial charge in [-0.15, -0.1) is 0 Å². The standard InChI is InChI=1S/C20H25N3O5/c1-26-14-3-4-15(16(11-14)27-2)17-12-22-18(28-17)5-6-19(24)23-9-7-13(8-10-23)20(21)25/h3-4,11-13H,5-10H2,1-2H3,(H2,21,25). The number of hydrogen-bond acceptors (Lipinski definition) is 6. The molecule has 0 bridgehead atoms. The van der Waals surface area contributed by atoms with Crippen LogP contribution in [-0.4, -0.2) is 49.0 Å². The van der Waals surface area contributed by atoms with Crippen molar-refractivity contribution in [3.8, 4) is 22.8 Å². The summed E-state index contributed by atoms with van der Waals surface area (Å²) in [7, 11) is 3.17. The number of hydrogen-bond donors (Lipinski definition) is 1. The fraction of sp³-hybridized carbons (Fsp3) is 0.450. The van der Waals surface area contributed by atoms with Gasteiger partial charge < -0.3 is 24.5 Å². The lowest BCUT2D eigenvalue weighted by atomic mass is 9.96. The van der Waals surface area contributed by atoms with Crippen molar-refractivity contribution in [3.05, 3.63) is 30.3 Å². The summed E-state index contributed by atoms with van der Waals surface area (Å²) >= 11 is 0. The highest BCUT2D eigenvalue weighted by atomic mass is 16.5. The second-order valence-electron chi connectivity index (χ2n) is 6.74. The minimum Gasteiger partial charge on any atom is -0.497 e. The van der Waals surface area contributed by atoms with E-state index in [1.54, 1.807) is 31.4 Å². The molecule has 1 fully saturated rings. The van der Waals surface area contributed by atoms with Gasteiger partial charge in [-0.3, -0.25) is 9.59 Å². The number of oxazole rings is 1. The van der Waals surface area contributed by atoms with E-state index in [0.29, 0.717) is 61.9 Å². The summed E-state index contributed by atoms with van der Waals surface area (Å²) < 4.78 is 16.4. The summed E-state index contributed by atoms with van der Waals surface area (Å²) in [5.41, 5.74) is 6.10. The normalized spacial score (nSPS) is 14.7. The molecule has 2 heterocycles. The highest BCUT2D eigenvalue weighted by Gasteiger charge is 2.25. The number of ether oxygens (including phenoxy) is 2. The molecule has 150 valence electrons. The number of aromatic nitrogens is 1. The van der Waals surface area contributed by atoms with Crippen LogP contribution in [0.2, 0.25) is 0 Å². The molecule has 0 unspecified atom stereocenters. The number of carbonyl (C=O) groups excluding carboxylic acids is 2. The van der Waals surface area contributed by atoms with Gasteiger partial charge in [0.2, 0.25) is 11.8 Å². The Kier molecular flexibility index (Phi) is 6.18. The number of methoxy groups -OCH3 is 2. The summed E-state index contributed by atoms with van der Waals surface area (Å²) in [6.45, 7) is 1.12. The number of nitrogens with two attached hydrogens (primary N) is 1. The Balaban J connectivity index is 1.58. The second-order valence-corrected chi connectivity index (χ2v) is 6.74. The van der Waals surface area contributed by atoms with E-state index in [0.717, 1.165) is 5.56 Å². The Hall–Kier alpha value is -3.03. The van der Waals surface area contributed by atoms with Gasteiger partial charge in [-0.2, -0.15) is 0 Å². The molecular formula is C20H25N3O5. The molecule has 1 aliphatic rings. The van der Waals surface area contributed by atoms with E-state index in [9.17, 15) is 9.59 Å². The lowest BCUT2D eigenvalue weighted by molar-refractivity contribution is -0.134. The van der Waals surface area contributed by atoms with Crippen molar-refractivity contribution < 1.29 is 23.5 Å². The predicted molar refractivity (Wildman–Crippen MR) is 102 cm³/mol. The van der Waals surface area contributed by atoms with Gasteiger partial charge >= 0.3 is 0 Å². The molecule has 0 spiro atoms. The Morgan fingerprint density at radius 3 is 2.64 bits per heavy atom. The number of amides is 2. The van der Waals surface area contributed by atoms with Crippen LogP contribution in [0.1, 0.15) is 25.2 Å². The highest BCUT2D eigenvalue weighted by molar-refractivity contribution is 5.79. The zero-order valence-corrected chi connectivity index (χ0v) is 16.1. The summed E-state index contributed by atoms with van der Waals surface area (Å²) in [6, 6.07) is 5.44. The van der Waals surface area contributed by atoms with Crippen molar-refractivity contribution in [3.63, 3.8) is 0 Å². The molecule has 1 aromatic heterocycles. The molecule has 0 atom stereocenters. The van der Waals surface area contributed by atoms with Crippen molar-refractivity contribution in [2.75, 3.05) is 27.3 Å². The second kappa shape index (κ2) is 8.77. The van der Waals surface area contributed by atoms with Crippen LogP contribution in [-0.2, 0) is 16.0 Å². The molecule has 0 saturated carbocycles. The van der Waals surface area contributed by atoms with Gasteiger partial charge in [-0.25, -0.2) is 4.98 Å². The molecule has 28 heavy (non-hydrogen) atoms. The van der Waals surface area contributed by atoms with E-state index < -0.39 is 0 Å². The predicted octanol–water partition coefficient (Wildman–Crippen LogP) is 2.02. The minimum atomic E-state index is -0.284. The molecule has 8 nitrogen and oxygen atoms in total. The zero-order chi connectivity index (χ0) is 20.1. The fourth-order valence-electron chi connectivity index (χ4n) is 3.34. The monoisotopic (exact) mass is 387 g/mol. The van der Waals surface area contributed by atoms with Crippen molar-refractivity contribution in [1.29, 1.82) is 0 Å². The third-order valence-corrected chi connectivity index (χ3v) is 5.03. The molecule has 2 N–H and O–H groups in total. The van der Waals surface area contributed by atoms with Crippen molar-refractivity contribution >= 4 is 11.8 Å². The number of likely N-dealkylation sites (tertiary alicyclic amines) is 1. The van der Waals surface area contributed by atoms with Gasteiger partial charge in [0.25, 0.3) is 0 Å².